The van der Waals surface area contributed by atoms with Gasteiger partial charge in [-0.15, -0.1) is 10.2 Å². The zero-order valence-electron chi connectivity index (χ0n) is 13.0. The zero-order chi connectivity index (χ0) is 16.3. The van der Waals surface area contributed by atoms with E-state index in [-0.39, 0.29) is 22.8 Å². The molecule has 0 radical (unpaired) electrons. The van der Waals surface area contributed by atoms with Crippen molar-refractivity contribution in [2.24, 2.45) is 0 Å². The van der Waals surface area contributed by atoms with E-state index in [1.54, 1.807) is 24.3 Å². The molecule has 1 amide bonds. The van der Waals surface area contributed by atoms with Crippen molar-refractivity contribution < 1.29 is 4.79 Å². The number of rotatable bonds is 3. The Bertz CT molecular complexity index is 746. The largest absolute Gasteiger partial charge is 0.326 e. The molecule has 2 aromatic rings. The van der Waals surface area contributed by atoms with Crippen LogP contribution < -0.4 is 16.2 Å². The van der Waals surface area contributed by atoms with Gasteiger partial charge in [0.05, 0.1) is 0 Å². The summed E-state index contributed by atoms with van der Waals surface area (Å²) in [6.45, 7) is 7.14. The van der Waals surface area contributed by atoms with E-state index in [9.17, 15) is 9.59 Å². The highest BCUT2D eigenvalue weighted by atomic mass is 16.1. The fraction of sp³-hybridized carbons (Fsp3) is 0.333. The third-order valence-corrected chi connectivity index (χ3v) is 2.85. The van der Waals surface area contributed by atoms with E-state index in [4.69, 9.17) is 0 Å². The number of benzene rings is 1. The molecule has 0 saturated heterocycles. The van der Waals surface area contributed by atoms with Crippen LogP contribution in [0.25, 0.3) is 0 Å². The molecule has 0 bridgehead atoms. The number of aromatic amines is 1. The van der Waals surface area contributed by atoms with Crippen LogP contribution in [0.2, 0.25) is 0 Å². The van der Waals surface area contributed by atoms with Crippen LogP contribution in [0.3, 0.4) is 0 Å². The minimum atomic E-state index is -0.371. The third kappa shape index (κ3) is 3.91. The fourth-order valence-corrected chi connectivity index (χ4v) is 1.90. The van der Waals surface area contributed by atoms with E-state index >= 15 is 0 Å². The number of hydrogen-bond donors (Lipinski definition) is 3. The number of carbonyl (C=O) groups is 1. The monoisotopic (exact) mass is 301 g/mol. The number of carbonyl (C=O) groups excluding carboxylic acids is 1. The second kappa shape index (κ2) is 5.97. The highest BCUT2D eigenvalue weighted by Gasteiger charge is 2.20. The lowest BCUT2D eigenvalue weighted by Gasteiger charge is -2.15. The maximum atomic E-state index is 12.0. The Morgan fingerprint density at radius 2 is 1.86 bits per heavy atom. The number of nitrogens with zero attached hydrogens (tertiary/aromatic N) is 2. The molecule has 116 valence electrons. The highest BCUT2D eigenvalue weighted by Crippen LogP contribution is 2.18. The lowest BCUT2D eigenvalue weighted by molar-refractivity contribution is -0.114. The molecular formula is C15H19N5O2. The first-order valence-corrected chi connectivity index (χ1v) is 6.88. The van der Waals surface area contributed by atoms with Crippen molar-refractivity contribution in [3.8, 4) is 0 Å². The molecule has 0 aliphatic carbocycles. The Hall–Kier alpha value is -2.70. The molecule has 0 atom stereocenters. The molecule has 0 aliphatic rings. The van der Waals surface area contributed by atoms with Crippen LogP contribution in [-0.2, 0) is 10.2 Å². The van der Waals surface area contributed by atoms with E-state index in [1.807, 2.05) is 20.8 Å². The number of H-pyrrole nitrogens is 1. The number of nitrogens with one attached hydrogen (secondary N) is 3. The summed E-state index contributed by atoms with van der Waals surface area (Å²) in [5.41, 5.74) is 1.07. The lowest BCUT2D eigenvalue weighted by atomic mass is 9.93. The van der Waals surface area contributed by atoms with Gasteiger partial charge in [0.25, 0.3) is 5.56 Å². The standard InChI is InChI=1S/C15H19N5O2/c1-9(21)16-10-6-5-7-11(8-10)17-14-18-13(22)12(19-20-14)15(2,3)4/h5-8H,1-4H3,(H,16,21)(H2,17,18,20,22). The average Bonchev–Trinajstić information content (AvgIpc) is 2.36. The first-order valence-electron chi connectivity index (χ1n) is 6.88. The molecule has 1 heterocycles. The van der Waals surface area contributed by atoms with Crippen molar-refractivity contribution in [1.82, 2.24) is 15.2 Å². The minimum absolute atomic E-state index is 0.153. The van der Waals surface area contributed by atoms with Crippen molar-refractivity contribution in [3.05, 3.63) is 40.3 Å². The second-order valence-corrected chi connectivity index (χ2v) is 5.99. The molecule has 22 heavy (non-hydrogen) atoms. The molecule has 0 fully saturated rings. The predicted molar refractivity (Wildman–Crippen MR) is 85.4 cm³/mol. The summed E-state index contributed by atoms with van der Waals surface area (Å²) in [4.78, 5) is 25.8. The van der Waals surface area contributed by atoms with Gasteiger partial charge in [-0.05, 0) is 18.2 Å². The molecule has 1 aromatic carbocycles. The summed E-state index contributed by atoms with van der Waals surface area (Å²) in [5, 5.41) is 13.6. The van der Waals surface area contributed by atoms with Crippen LogP contribution in [0, 0.1) is 0 Å². The Balaban J connectivity index is 2.23. The van der Waals surface area contributed by atoms with Gasteiger partial charge in [-0.1, -0.05) is 26.8 Å². The van der Waals surface area contributed by atoms with E-state index in [0.717, 1.165) is 0 Å². The van der Waals surface area contributed by atoms with Gasteiger partial charge in [0.1, 0.15) is 5.69 Å². The van der Waals surface area contributed by atoms with Gasteiger partial charge in [-0.3, -0.25) is 14.6 Å². The van der Waals surface area contributed by atoms with Crippen LogP contribution in [0.1, 0.15) is 33.4 Å². The van der Waals surface area contributed by atoms with Crippen LogP contribution in [0.15, 0.2) is 29.1 Å². The molecule has 0 aliphatic heterocycles. The number of aromatic nitrogens is 3. The minimum Gasteiger partial charge on any atom is -0.326 e. The number of anilines is 3. The normalized spacial score (nSPS) is 11.1. The van der Waals surface area contributed by atoms with Gasteiger partial charge in [0.15, 0.2) is 0 Å². The van der Waals surface area contributed by atoms with E-state index < -0.39 is 0 Å². The summed E-state index contributed by atoms with van der Waals surface area (Å²) in [6, 6.07) is 7.08. The summed E-state index contributed by atoms with van der Waals surface area (Å²) in [5.74, 6) is 0.0952. The Morgan fingerprint density at radius 1 is 1.18 bits per heavy atom. The van der Waals surface area contributed by atoms with Gasteiger partial charge in [0.2, 0.25) is 11.9 Å². The van der Waals surface area contributed by atoms with Crippen molar-refractivity contribution in [2.75, 3.05) is 10.6 Å². The van der Waals surface area contributed by atoms with Crippen LogP contribution >= 0.6 is 0 Å². The number of hydrogen-bond acceptors (Lipinski definition) is 5. The van der Waals surface area contributed by atoms with Gasteiger partial charge in [0, 0.05) is 23.7 Å². The first-order chi connectivity index (χ1) is 10.3. The van der Waals surface area contributed by atoms with E-state index in [1.165, 1.54) is 6.92 Å². The molecular weight excluding hydrogens is 282 g/mol. The van der Waals surface area contributed by atoms with Gasteiger partial charge < -0.3 is 10.6 Å². The van der Waals surface area contributed by atoms with E-state index in [2.05, 4.69) is 25.8 Å². The van der Waals surface area contributed by atoms with E-state index in [0.29, 0.717) is 17.1 Å². The Morgan fingerprint density at radius 3 is 2.45 bits per heavy atom. The van der Waals surface area contributed by atoms with Crippen molar-refractivity contribution >= 4 is 23.2 Å². The molecule has 7 nitrogen and oxygen atoms in total. The van der Waals surface area contributed by atoms with Crippen LogP contribution in [-0.4, -0.2) is 21.1 Å². The molecule has 2 rings (SSSR count). The molecule has 3 N–H and O–H groups in total. The second-order valence-electron chi connectivity index (χ2n) is 5.99. The van der Waals surface area contributed by atoms with Crippen molar-refractivity contribution in [1.29, 1.82) is 0 Å². The smallest absolute Gasteiger partial charge is 0.274 e. The molecule has 0 unspecified atom stereocenters. The maximum Gasteiger partial charge on any atom is 0.274 e. The average molecular weight is 301 g/mol. The fourth-order valence-electron chi connectivity index (χ4n) is 1.90. The van der Waals surface area contributed by atoms with Gasteiger partial charge >= 0.3 is 0 Å². The Labute approximate surface area is 128 Å². The van der Waals surface area contributed by atoms with Crippen LogP contribution in [0.4, 0.5) is 17.3 Å². The molecule has 7 heteroatoms. The first kappa shape index (κ1) is 15.7. The van der Waals surface area contributed by atoms with Crippen molar-refractivity contribution in [2.45, 2.75) is 33.1 Å². The quantitative estimate of drug-likeness (QED) is 0.806. The summed E-state index contributed by atoms with van der Waals surface area (Å²) in [6.07, 6.45) is 0. The third-order valence-electron chi connectivity index (χ3n) is 2.85. The molecule has 0 saturated carbocycles. The summed E-state index contributed by atoms with van der Waals surface area (Å²) >= 11 is 0. The van der Waals surface area contributed by atoms with Crippen LogP contribution in [0.5, 0.6) is 0 Å². The molecule has 1 aromatic heterocycles. The van der Waals surface area contributed by atoms with Crippen molar-refractivity contribution in [3.63, 3.8) is 0 Å². The van der Waals surface area contributed by atoms with Gasteiger partial charge in [-0.2, -0.15) is 0 Å². The summed E-state index contributed by atoms with van der Waals surface area (Å²) in [7, 11) is 0. The SMILES string of the molecule is CC(=O)Nc1cccc(Nc2nnc(C(C)(C)C)c(=O)[nH]2)c1. The van der Waals surface area contributed by atoms with Gasteiger partial charge in [-0.25, -0.2) is 0 Å². The molecule has 0 spiro atoms. The topological polar surface area (TPSA) is 99.8 Å². The number of amides is 1. The zero-order valence-corrected chi connectivity index (χ0v) is 13.0. The summed E-state index contributed by atoms with van der Waals surface area (Å²) < 4.78 is 0. The maximum absolute atomic E-state index is 12.0. The Kier molecular flexibility index (Phi) is 4.25. The highest BCUT2D eigenvalue weighted by molar-refractivity contribution is 5.89. The lowest BCUT2D eigenvalue weighted by Crippen LogP contribution is -2.28. The predicted octanol–water partition coefficient (Wildman–Crippen LogP) is 2.16.